The van der Waals surface area contributed by atoms with E-state index in [1.54, 1.807) is 18.3 Å². The van der Waals surface area contributed by atoms with Crippen LogP contribution in [-0.4, -0.2) is 22.6 Å². The van der Waals surface area contributed by atoms with Crippen molar-refractivity contribution in [1.82, 2.24) is 10.6 Å². The van der Waals surface area contributed by atoms with Crippen molar-refractivity contribution in [2.24, 2.45) is 5.92 Å². The lowest BCUT2D eigenvalue weighted by Crippen LogP contribution is -2.57. The van der Waals surface area contributed by atoms with Crippen LogP contribution in [0.4, 0.5) is 4.79 Å². The minimum absolute atomic E-state index is 0.0289. The van der Waals surface area contributed by atoms with Crippen LogP contribution in [0.5, 0.6) is 0 Å². The molecular weight excluding hydrogens is 288 g/mol. The van der Waals surface area contributed by atoms with Crippen LogP contribution < -0.4 is 10.6 Å². The summed E-state index contributed by atoms with van der Waals surface area (Å²) in [5.41, 5.74) is -0.0974. The number of hydrogen-bond donors (Lipinski definition) is 3. The number of carboxylic acids is 1. The highest BCUT2D eigenvalue weighted by atomic mass is 32.1. The first-order valence-electron chi connectivity index (χ1n) is 7.13. The van der Waals surface area contributed by atoms with Crippen molar-refractivity contribution in [2.45, 2.75) is 52.1 Å². The van der Waals surface area contributed by atoms with Crippen LogP contribution in [0.25, 0.3) is 0 Å². The van der Waals surface area contributed by atoms with Gasteiger partial charge in [0.1, 0.15) is 5.54 Å². The fourth-order valence-electron chi connectivity index (χ4n) is 2.62. The number of carbonyl (C=O) groups excluding carboxylic acids is 1. The van der Waals surface area contributed by atoms with Crippen molar-refractivity contribution >= 4 is 23.3 Å². The van der Waals surface area contributed by atoms with Crippen LogP contribution in [-0.2, 0) is 4.79 Å². The van der Waals surface area contributed by atoms with E-state index in [1.165, 1.54) is 9.75 Å². The third-order valence-electron chi connectivity index (χ3n) is 4.10. The van der Waals surface area contributed by atoms with E-state index >= 15 is 0 Å². The van der Waals surface area contributed by atoms with E-state index in [1.807, 2.05) is 20.8 Å². The quantitative estimate of drug-likeness (QED) is 0.782. The maximum atomic E-state index is 12.1. The Morgan fingerprint density at radius 1 is 1.43 bits per heavy atom. The minimum atomic E-state index is -1.18. The standard InChI is InChI=1S/C15H22N2O3S/c1-8-7-12(10(3)21-8)9(2)16-14(20)17-15(4,13(18)19)11-5-6-11/h7,9,11H,5-6H2,1-4H3,(H,18,19)(H2,16,17,20). The zero-order valence-corrected chi connectivity index (χ0v) is 13.6. The Morgan fingerprint density at radius 3 is 2.48 bits per heavy atom. The maximum absolute atomic E-state index is 12.1. The average Bonchev–Trinajstić information content (AvgIpc) is 3.14. The van der Waals surface area contributed by atoms with Gasteiger partial charge in [-0.15, -0.1) is 11.3 Å². The zero-order valence-electron chi connectivity index (χ0n) is 12.8. The fourth-order valence-corrected chi connectivity index (χ4v) is 3.64. The summed E-state index contributed by atoms with van der Waals surface area (Å²) in [6.07, 6.45) is 1.70. The van der Waals surface area contributed by atoms with Gasteiger partial charge in [0, 0.05) is 9.75 Å². The van der Waals surface area contributed by atoms with Crippen LogP contribution in [0, 0.1) is 19.8 Å². The first-order valence-corrected chi connectivity index (χ1v) is 7.94. The highest BCUT2D eigenvalue weighted by molar-refractivity contribution is 7.12. The summed E-state index contributed by atoms with van der Waals surface area (Å²) in [6.45, 7) is 7.54. The number of thiophene rings is 1. The summed E-state index contributed by atoms with van der Waals surface area (Å²) >= 11 is 1.69. The second-order valence-electron chi connectivity index (χ2n) is 5.97. The smallest absolute Gasteiger partial charge is 0.329 e. The molecular formula is C15H22N2O3S. The molecule has 1 aromatic rings. The van der Waals surface area contributed by atoms with Crippen molar-refractivity contribution in [3.63, 3.8) is 0 Å². The molecule has 1 aliphatic rings. The SMILES string of the molecule is Cc1cc(C(C)NC(=O)NC(C)(C(=O)O)C2CC2)c(C)s1. The van der Waals surface area contributed by atoms with Crippen LogP contribution in [0.15, 0.2) is 6.07 Å². The molecule has 2 rings (SSSR count). The monoisotopic (exact) mass is 310 g/mol. The zero-order chi connectivity index (χ0) is 15.8. The average molecular weight is 310 g/mol. The van der Waals surface area contributed by atoms with Crippen molar-refractivity contribution in [3.8, 4) is 0 Å². The molecule has 0 saturated heterocycles. The molecule has 3 N–H and O–H groups in total. The summed E-state index contributed by atoms with van der Waals surface area (Å²) in [5.74, 6) is -0.948. The predicted molar refractivity (Wildman–Crippen MR) is 82.6 cm³/mol. The molecule has 1 heterocycles. The van der Waals surface area contributed by atoms with Gasteiger partial charge in [0.2, 0.25) is 0 Å². The molecule has 2 unspecified atom stereocenters. The highest BCUT2D eigenvalue weighted by Crippen LogP contribution is 2.39. The van der Waals surface area contributed by atoms with Crippen LogP contribution in [0.1, 0.15) is 48.0 Å². The number of hydrogen-bond acceptors (Lipinski definition) is 3. The van der Waals surface area contributed by atoms with Gasteiger partial charge in [-0.05, 0) is 58.1 Å². The fraction of sp³-hybridized carbons (Fsp3) is 0.600. The first-order chi connectivity index (χ1) is 9.74. The van der Waals surface area contributed by atoms with Gasteiger partial charge in [-0.3, -0.25) is 0 Å². The van der Waals surface area contributed by atoms with E-state index in [4.69, 9.17) is 0 Å². The molecule has 1 aromatic heterocycles. The normalized spacial score (nSPS) is 18.7. The lowest BCUT2D eigenvalue weighted by molar-refractivity contribution is -0.144. The predicted octanol–water partition coefficient (Wildman–Crippen LogP) is 2.98. The summed E-state index contributed by atoms with van der Waals surface area (Å²) in [7, 11) is 0. The largest absolute Gasteiger partial charge is 0.480 e. The van der Waals surface area contributed by atoms with E-state index < -0.39 is 17.5 Å². The van der Waals surface area contributed by atoms with Gasteiger partial charge in [-0.2, -0.15) is 0 Å². The number of amides is 2. The molecule has 0 aliphatic heterocycles. The summed E-state index contributed by atoms with van der Waals surface area (Å²) in [5, 5.41) is 14.8. The second-order valence-corrected chi connectivity index (χ2v) is 7.43. The number of carbonyl (C=O) groups is 2. The van der Waals surface area contributed by atoms with Gasteiger partial charge in [0.15, 0.2) is 0 Å². The van der Waals surface area contributed by atoms with Crippen LogP contribution in [0.3, 0.4) is 0 Å². The molecule has 0 aromatic carbocycles. The van der Waals surface area contributed by atoms with Crippen molar-refractivity contribution in [1.29, 1.82) is 0 Å². The molecule has 21 heavy (non-hydrogen) atoms. The lowest BCUT2D eigenvalue weighted by Gasteiger charge is -2.27. The van der Waals surface area contributed by atoms with Crippen molar-refractivity contribution in [3.05, 3.63) is 21.4 Å². The van der Waals surface area contributed by atoms with Crippen molar-refractivity contribution in [2.75, 3.05) is 0 Å². The minimum Gasteiger partial charge on any atom is -0.480 e. The second kappa shape index (κ2) is 5.67. The Hall–Kier alpha value is -1.56. The Balaban J connectivity index is 2.01. The van der Waals surface area contributed by atoms with E-state index in [0.29, 0.717) is 0 Å². The summed E-state index contributed by atoms with van der Waals surface area (Å²) in [6, 6.07) is 1.48. The molecule has 1 aliphatic carbocycles. The molecule has 116 valence electrons. The number of aryl methyl sites for hydroxylation is 2. The molecule has 5 nitrogen and oxygen atoms in total. The van der Waals surface area contributed by atoms with Gasteiger partial charge < -0.3 is 15.7 Å². The van der Waals surface area contributed by atoms with E-state index in [2.05, 4.69) is 16.7 Å². The molecule has 2 amide bonds. The Bertz CT molecular complexity index is 565. The Kier molecular flexibility index (Phi) is 4.27. The number of rotatable bonds is 5. The van der Waals surface area contributed by atoms with E-state index in [9.17, 15) is 14.7 Å². The maximum Gasteiger partial charge on any atom is 0.329 e. The molecule has 1 saturated carbocycles. The lowest BCUT2D eigenvalue weighted by atomic mass is 9.96. The van der Waals surface area contributed by atoms with Crippen LogP contribution >= 0.6 is 11.3 Å². The summed E-state index contributed by atoms with van der Waals surface area (Å²) in [4.78, 5) is 25.9. The topological polar surface area (TPSA) is 78.4 Å². The Labute approximate surface area is 128 Å². The van der Waals surface area contributed by atoms with Crippen molar-refractivity contribution < 1.29 is 14.7 Å². The van der Waals surface area contributed by atoms with E-state index in [-0.39, 0.29) is 12.0 Å². The number of nitrogens with one attached hydrogen (secondary N) is 2. The molecule has 2 atom stereocenters. The van der Waals surface area contributed by atoms with Gasteiger partial charge >= 0.3 is 12.0 Å². The van der Waals surface area contributed by atoms with E-state index in [0.717, 1.165) is 18.4 Å². The molecule has 0 bridgehead atoms. The number of urea groups is 1. The number of aliphatic carboxylic acids is 1. The molecule has 1 fully saturated rings. The van der Waals surface area contributed by atoms with Gasteiger partial charge in [0.05, 0.1) is 6.04 Å². The third kappa shape index (κ3) is 3.37. The van der Waals surface area contributed by atoms with Gasteiger partial charge in [-0.1, -0.05) is 0 Å². The molecule has 0 spiro atoms. The first kappa shape index (κ1) is 15.8. The third-order valence-corrected chi connectivity index (χ3v) is 5.09. The summed E-state index contributed by atoms with van der Waals surface area (Å²) < 4.78 is 0. The number of carboxylic acid groups (broad SMARTS) is 1. The molecule has 6 heteroatoms. The van der Waals surface area contributed by atoms with Gasteiger partial charge in [-0.25, -0.2) is 9.59 Å². The Morgan fingerprint density at radius 2 is 2.05 bits per heavy atom. The molecule has 0 radical (unpaired) electrons. The highest BCUT2D eigenvalue weighted by Gasteiger charge is 2.48. The van der Waals surface area contributed by atoms with Gasteiger partial charge in [0.25, 0.3) is 0 Å². The van der Waals surface area contributed by atoms with Crippen LogP contribution in [0.2, 0.25) is 0 Å².